The Labute approximate surface area is 165 Å². The lowest BCUT2D eigenvalue weighted by Gasteiger charge is -2.26. The monoisotopic (exact) mass is 390 g/mol. The minimum atomic E-state index is 0.0437. The van der Waals surface area contributed by atoms with E-state index < -0.39 is 0 Å². The summed E-state index contributed by atoms with van der Waals surface area (Å²) < 4.78 is 11.3. The lowest BCUT2D eigenvalue weighted by molar-refractivity contribution is -0.121. The number of carbonyl (C=O) groups excluding carboxylic acids is 1. The van der Waals surface area contributed by atoms with Crippen molar-refractivity contribution in [2.45, 2.75) is 38.6 Å². The van der Waals surface area contributed by atoms with Gasteiger partial charge in [-0.15, -0.1) is 0 Å². The second kappa shape index (κ2) is 9.81. The smallest absolute Gasteiger partial charge is 0.220 e. The van der Waals surface area contributed by atoms with Crippen molar-refractivity contribution >= 4 is 17.5 Å². The van der Waals surface area contributed by atoms with Crippen molar-refractivity contribution in [1.82, 2.24) is 10.2 Å². The third-order valence-corrected chi connectivity index (χ3v) is 5.12. The number of ether oxygens (including phenoxy) is 1. The number of hydrogen-bond donors (Lipinski definition) is 1. The van der Waals surface area contributed by atoms with Crippen LogP contribution in [0.25, 0.3) is 0 Å². The molecule has 1 aliphatic rings. The van der Waals surface area contributed by atoms with Gasteiger partial charge in [0.25, 0.3) is 0 Å². The third-order valence-electron chi connectivity index (χ3n) is 4.89. The van der Waals surface area contributed by atoms with Gasteiger partial charge < -0.3 is 14.5 Å². The molecule has 0 unspecified atom stereocenters. The molecule has 5 nitrogen and oxygen atoms in total. The van der Waals surface area contributed by atoms with Crippen LogP contribution in [0, 0.1) is 6.92 Å². The molecule has 1 amide bonds. The molecule has 27 heavy (non-hydrogen) atoms. The van der Waals surface area contributed by atoms with Crippen LogP contribution in [0.1, 0.15) is 43.0 Å². The molecule has 6 heteroatoms. The van der Waals surface area contributed by atoms with Crippen LogP contribution >= 0.6 is 11.6 Å². The molecule has 2 heterocycles. The molecule has 0 aliphatic carbocycles. The largest absolute Gasteiger partial charge is 0.493 e. The number of halogens is 1. The first-order valence-electron chi connectivity index (χ1n) is 9.56. The van der Waals surface area contributed by atoms with Gasteiger partial charge in [0, 0.05) is 18.0 Å². The number of nitrogens with zero attached hydrogens (tertiary/aromatic N) is 1. The molecule has 1 aliphatic heterocycles. The van der Waals surface area contributed by atoms with E-state index >= 15 is 0 Å². The van der Waals surface area contributed by atoms with Gasteiger partial charge in [0.15, 0.2) is 0 Å². The van der Waals surface area contributed by atoms with Gasteiger partial charge in [-0.25, -0.2) is 0 Å². The van der Waals surface area contributed by atoms with Crippen LogP contribution in [-0.2, 0) is 4.79 Å². The summed E-state index contributed by atoms with van der Waals surface area (Å²) in [5.74, 6) is 1.77. The SMILES string of the molecule is Cc1cc(Cl)ccc1OCCCC(=O)NC[C@H](c1ccco1)N1CCCC1. The first kappa shape index (κ1) is 19.8. The van der Waals surface area contributed by atoms with E-state index in [1.807, 2.05) is 37.3 Å². The van der Waals surface area contributed by atoms with E-state index in [1.54, 1.807) is 6.26 Å². The molecule has 1 fully saturated rings. The van der Waals surface area contributed by atoms with Crippen LogP contribution in [0.5, 0.6) is 5.75 Å². The van der Waals surface area contributed by atoms with Crippen LogP contribution in [0.4, 0.5) is 0 Å². The number of amides is 1. The van der Waals surface area contributed by atoms with Gasteiger partial charge in [-0.3, -0.25) is 9.69 Å². The quantitative estimate of drug-likeness (QED) is 0.646. The summed E-state index contributed by atoms with van der Waals surface area (Å²) in [6, 6.07) is 9.54. The molecular weight excluding hydrogens is 364 g/mol. The summed E-state index contributed by atoms with van der Waals surface area (Å²) in [5, 5.41) is 3.75. The topological polar surface area (TPSA) is 54.7 Å². The summed E-state index contributed by atoms with van der Waals surface area (Å²) in [5.41, 5.74) is 0.999. The summed E-state index contributed by atoms with van der Waals surface area (Å²) in [6.07, 6.45) is 5.20. The van der Waals surface area contributed by atoms with Crippen LogP contribution in [-0.4, -0.2) is 37.0 Å². The molecule has 0 bridgehead atoms. The maximum atomic E-state index is 12.2. The predicted molar refractivity (Wildman–Crippen MR) is 106 cm³/mol. The van der Waals surface area contributed by atoms with Crippen molar-refractivity contribution in [3.05, 3.63) is 52.9 Å². The summed E-state index contributed by atoms with van der Waals surface area (Å²) >= 11 is 5.95. The number of benzene rings is 1. The Morgan fingerprint density at radius 3 is 2.85 bits per heavy atom. The third kappa shape index (κ3) is 5.75. The maximum Gasteiger partial charge on any atom is 0.220 e. The molecule has 0 spiro atoms. The first-order chi connectivity index (χ1) is 13.1. The van der Waals surface area contributed by atoms with Crippen LogP contribution in [0.15, 0.2) is 41.0 Å². The van der Waals surface area contributed by atoms with Gasteiger partial charge in [-0.05, 0) is 75.2 Å². The number of rotatable bonds is 9. The molecular formula is C21H27ClN2O3. The molecule has 146 valence electrons. The Balaban J connectivity index is 1.40. The zero-order chi connectivity index (χ0) is 19.1. The van der Waals surface area contributed by atoms with Crippen LogP contribution < -0.4 is 10.1 Å². The second-order valence-corrected chi connectivity index (χ2v) is 7.38. The number of aryl methyl sites for hydroxylation is 1. The maximum absolute atomic E-state index is 12.2. The Morgan fingerprint density at radius 1 is 1.33 bits per heavy atom. The highest BCUT2D eigenvalue weighted by Crippen LogP contribution is 2.25. The van der Waals surface area contributed by atoms with Crippen molar-refractivity contribution in [2.75, 3.05) is 26.2 Å². The van der Waals surface area contributed by atoms with Gasteiger partial charge in [0.1, 0.15) is 11.5 Å². The fraction of sp³-hybridized carbons (Fsp3) is 0.476. The molecule has 0 radical (unpaired) electrons. The molecule has 0 saturated carbocycles. The van der Waals surface area contributed by atoms with Gasteiger partial charge in [-0.1, -0.05) is 11.6 Å². The standard InChI is InChI=1S/C21H27ClN2O3/c1-16-14-17(22)8-9-19(16)26-13-5-7-21(25)23-15-18(20-6-4-12-27-20)24-10-2-3-11-24/h4,6,8-9,12,14,18H,2-3,5,7,10-11,13,15H2,1H3,(H,23,25)/t18-/m1/s1. The summed E-state index contributed by atoms with van der Waals surface area (Å²) in [4.78, 5) is 14.6. The fourth-order valence-electron chi connectivity index (χ4n) is 3.43. The van der Waals surface area contributed by atoms with E-state index in [1.165, 1.54) is 12.8 Å². The minimum Gasteiger partial charge on any atom is -0.493 e. The van der Waals surface area contributed by atoms with Crippen molar-refractivity contribution in [2.24, 2.45) is 0 Å². The van der Waals surface area contributed by atoms with Crippen molar-refractivity contribution < 1.29 is 13.9 Å². The summed E-state index contributed by atoms with van der Waals surface area (Å²) in [7, 11) is 0. The first-order valence-corrected chi connectivity index (χ1v) is 9.94. The number of likely N-dealkylation sites (tertiary alicyclic amines) is 1. The highest BCUT2D eigenvalue weighted by Gasteiger charge is 2.25. The van der Waals surface area contributed by atoms with E-state index in [-0.39, 0.29) is 11.9 Å². The lowest BCUT2D eigenvalue weighted by atomic mass is 10.2. The Bertz CT molecular complexity index is 727. The molecule has 1 atom stereocenters. The summed E-state index contributed by atoms with van der Waals surface area (Å²) in [6.45, 7) is 5.14. The Morgan fingerprint density at radius 2 is 2.15 bits per heavy atom. The zero-order valence-electron chi connectivity index (χ0n) is 15.7. The average molecular weight is 391 g/mol. The number of furan rings is 1. The van der Waals surface area contributed by atoms with Crippen molar-refractivity contribution in [1.29, 1.82) is 0 Å². The number of nitrogens with one attached hydrogen (secondary N) is 1. The van der Waals surface area contributed by atoms with E-state index in [2.05, 4.69) is 10.2 Å². The minimum absolute atomic E-state index is 0.0437. The fourth-order valence-corrected chi connectivity index (χ4v) is 3.66. The molecule has 1 N–H and O–H groups in total. The Kier molecular flexibility index (Phi) is 7.18. The van der Waals surface area contributed by atoms with Gasteiger partial charge in [0.05, 0.1) is 18.9 Å². The van der Waals surface area contributed by atoms with Crippen LogP contribution in [0.2, 0.25) is 5.02 Å². The average Bonchev–Trinajstić information content (AvgIpc) is 3.35. The van der Waals surface area contributed by atoms with E-state index in [0.29, 0.717) is 31.0 Å². The number of hydrogen-bond acceptors (Lipinski definition) is 4. The van der Waals surface area contributed by atoms with Crippen molar-refractivity contribution in [3.63, 3.8) is 0 Å². The van der Waals surface area contributed by atoms with E-state index in [4.69, 9.17) is 20.8 Å². The van der Waals surface area contributed by atoms with E-state index in [9.17, 15) is 4.79 Å². The molecule has 2 aromatic rings. The van der Waals surface area contributed by atoms with Gasteiger partial charge >= 0.3 is 0 Å². The molecule has 1 aromatic heterocycles. The van der Waals surface area contributed by atoms with E-state index in [0.717, 1.165) is 30.2 Å². The lowest BCUT2D eigenvalue weighted by Crippen LogP contribution is -2.36. The van der Waals surface area contributed by atoms with Crippen molar-refractivity contribution in [3.8, 4) is 5.75 Å². The normalized spacial score (nSPS) is 15.6. The van der Waals surface area contributed by atoms with Crippen LogP contribution in [0.3, 0.4) is 0 Å². The predicted octanol–water partition coefficient (Wildman–Crippen LogP) is 4.35. The highest BCUT2D eigenvalue weighted by molar-refractivity contribution is 6.30. The highest BCUT2D eigenvalue weighted by atomic mass is 35.5. The van der Waals surface area contributed by atoms with Gasteiger partial charge in [-0.2, -0.15) is 0 Å². The second-order valence-electron chi connectivity index (χ2n) is 6.94. The molecule has 1 aromatic carbocycles. The zero-order valence-corrected chi connectivity index (χ0v) is 16.5. The Hall–Kier alpha value is -1.98. The molecule has 1 saturated heterocycles. The van der Waals surface area contributed by atoms with Gasteiger partial charge in [0.2, 0.25) is 5.91 Å². The molecule has 3 rings (SSSR count). The number of carbonyl (C=O) groups is 1.